The molecule has 1 aliphatic heterocycles. The van der Waals surface area contributed by atoms with E-state index in [-0.39, 0.29) is 24.1 Å². The molecular formula is C7H13NO3S. The van der Waals surface area contributed by atoms with Crippen molar-refractivity contribution in [3.63, 3.8) is 0 Å². The number of carbonyl (C=O) groups is 1. The van der Waals surface area contributed by atoms with Crippen LogP contribution in [0.5, 0.6) is 0 Å². The van der Waals surface area contributed by atoms with Crippen molar-refractivity contribution in [1.82, 2.24) is 5.32 Å². The average molecular weight is 191 g/mol. The Morgan fingerprint density at radius 1 is 1.50 bits per heavy atom. The largest absolute Gasteiger partial charge is 0.354 e. The van der Waals surface area contributed by atoms with E-state index in [1.54, 1.807) is 0 Å². The van der Waals surface area contributed by atoms with E-state index in [9.17, 15) is 13.2 Å². The van der Waals surface area contributed by atoms with Crippen molar-refractivity contribution < 1.29 is 13.2 Å². The van der Waals surface area contributed by atoms with Crippen molar-refractivity contribution in [2.45, 2.75) is 19.1 Å². The second kappa shape index (κ2) is 3.05. The van der Waals surface area contributed by atoms with Gasteiger partial charge in [0.1, 0.15) is 5.75 Å². The number of hydrogen-bond acceptors (Lipinski definition) is 3. The van der Waals surface area contributed by atoms with Crippen LogP contribution in [-0.2, 0) is 14.6 Å². The molecule has 5 heteroatoms. The summed E-state index contributed by atoms with van der Waals surface area (Å²) in [5.41, 5.74) is 0. The first kappa shape index (κ1) is 9.51. The fraction of sp³-hybridized carbons (Fsp3) is 0.857. The Bertz CT molecular complexity index is 281. The summed E-state index contributed by atoms with van der Waals surface area (Å²) in [6.07, 6.45) is 0. The maximum absolute atomic E-state index is 11.4. The molecule has 70 valence electrons. The molecular weight excluding hydrogens is 178 g/mol. The van der Waals surface area contributed by atoms with Crippen LogP contribution < -0.4 is 5.32 Å². The lowest BCUT2D eigenvalue weighted by atomic mass is 10.1. The van der Waals surface area contributed by atoms with Crippen LogP contribution in [0.3, 0.4) is 0 Å². The molecule has 1 N–H and O–H groups in total. The van der Waals surface area contributed by atoms with Crippen LogP contribution in [0.25, 0.3) is 0 Å². The molecule has 1 amide bonds. The van der Waals surface area contributed by atoms with Crippen LogP contribution in [-0.4, -0.2) is 31.9 Å². The van der Waals surface area contributed by atoms with E-state index in [1.807, 2.05) is 13.8 Å². The van der Waals surface area contributed by atoms with Crippen molar-refractivity contribution >= 4 is 15.7 Å². The van der Waals surface area contributed by atoms with Crippen LogP contribution >= 0.6 is 0 Å². The zero-order valence-electron chi connectivity index (χ0n) is 7.20. The van der Waals surface area contributed by atoms with E-state index in [2.05, 4.69) is 5.32 Å². The minimum absolute atomic E-state index is 0.0654. The highest BCUT2D eigenvalue weighted by Gasteiger charge is 2.34. The fourth-order valence-electron chi connectivity index (χ4n) is 1.33. The van der Waals surface area contributed by atoms with Crippen LogP contribution in [0.1, 0.15) is 13.8 Å². The van der Waals surface area contributed by atoms with Crippen LogP contribution in [0.15, 0.2) is 0 Å². The maximum Gasteiger partial charge on any atom is 0.235 e. The second-order valence-corrected chi connectivity index (χ2v) is 5.61. The third-order valence-electron chi connectivity index (χ3n) is 2.04. The molecule has 0 saturated carbocycles. The molecule has 0 radical (unpaired) electrons. The number of nitrogens with one attached hydrogen (secondary N) is 1. The van der Waals surface area contributed by atoms with E-state index < -0.39 is 15.1 Å². The normalized spacial score (nSPS) is 28.6. The van der Waals surface area contributed by atoms with Gasteiger partial charge in [-0.3, -0.25) is 4.79 Å². The standard InChI is InChI=1S/C7H13NO3S/c1-5(2)6-3-8-7(9)4-12(6,10)11/h5-6H,3-4H2,1-2H3,(H,8,9). The molecule has 1 atom stereocenters. The third kappa shape index (κ3) is 1.77. The molecule has 1 rings (SSSR count). The smallest absolute Gasteiger partial charge is 0.235 e. The Hall–Kier alpha value is -0.580. The predicted octanol–water partition coefficient (Wildman–Crippen LogP) is -0.444. The van der Waals surface area contributed by atoms with Crippen LogP contribution in [0, 0.1) is 5.92 Å². The van der Waals surface area contributed by atoms with E-state index >= 15 is 0 Å². The topological polar surface area (TPSA) is 63.2 Å². The van der Waals surface area contributed by atoms with Crippen molar-refractivity contribution in [2.24, 2.45) is 5.92 Å². The summed E-state index contributed by atoms with van der Waals surface area (Å²) in [4.78, 5) is 10.8. The van der Waals surface area contributed by atoms with Crippen molar-refractivity contribution in [2.75, 3.05) is 12.3 Å². The summed E-state index contributed by atoms with van der Waals surface area (Å²) in [7, 11) is -3.18. The highest BCUT2D eigenvalue weighted by molar-refractivity contribution is 7.92. The van der Waals surface area contributed by atoms with E-state index in [0.717, 1.165) is 0 Å². The van der Waals surface area contributed by atoms with Crippen molar-refractivity contribution in [3.8, 4) is 0 Å². The van der Waals surface area contributed by atoms with Gasteiger partial charge in [0.2, 0.25) is 5.91 Å². The van der Waals surface area contributed by atoms with Gasteiger partial charge in [-0.2, -0.15) is 0 Å². The van der Waals surface area contributed by atoms with Gasteiger partial charge in [0, 0.05) is 6.54 Å². The zero-order valence-corrected chi connectivity index (χ0v) is 8.02. The summed E-state index contributed by atoms with van der Waals surface area (Å²) < 4.78 is 22.7. The molecule has 0 spiro atoms. The maximum atomic E-state index is 11.4. The molecule has 0 aliphatic carbocycles. The fourth-order valence-corrected chi connectivity index (χ4v) is 3.18. The molecule has 1 saturated heterocycles. The SMILES string of the molecule is CC(C)C1CNC(=O)CS1(=O)=O. The first-order valence-corrected chi connectivity index (χ1v) is 5.63. The first-order valence-electron chi connectivity index (χ1n) is 3.92. The summed E-state index contributed by atoms with van der Waals surface area (Å²) in [6.45, 7) is 3.96. The number of amides is 1. The van der Waals surface area contributed by atoms with Crippen LogP contribution in [0.4, 0.5) is 0 Å². The summed E-state index contributed by atoms with van der Waals surface area (Å²) in [5.74, 6) is -0.668. The Morgan fingerprint density at radius 2 is 2.08 bits per heavy atom. The third-order valence-corrected chi connectivity index (χ3v) is 4.34. The van der Waals surface area contributed by atoms with Gasteiger partial charge in [-0.25, -0.2) is 8.42 Å². The molecule has 0 aromatic carbocycles. The second-order valence-electron chi connectivity index (χ2n) is 3.39. The van der Waals surface area contributed by atoms with Gasteiger partial charge in [-0.1, -0.05) is 13.8 Å². The summed E-state index contributed by atoms with van der Waals surface area (Å²) >= 11 is 0. The Morgan fingerprint density at radius 3 is 2.50 bits per heavy atom. The summed E-state index contributed by atoms with van der Waals surface area (Å²) in [6, 6.07) is 0. The van der Waals surface area contributed by atoms with E-state index in [4.69, 9.17) is 0 Å². The average Bonchev–Trinajstić information content (AvgIpc) is 1.82. The zero-order chi connectivity index (χ0) is 9.35. The molecule has 12 heavy (non-hydrogen) atoms. The Balaban J connectivity index is 2.86. The van der Waals surface area contributed by atoms with Gasteiger partial charge in [-0.05, 0) is 5.92 Å². The molecule has 1 aliphatic rings. The quantitative estimate of drug-likeness (QED) is 0.611. The monoisotopic (exact) mass is 191 g/mol. The lowest BCUT2D eigenvalue weighted by Crippen LogP contribution is -2.49. The predicted molar refractivity (Wildman–Crippen MR) is 45.4 cm³/mol. The lowest BCUT2D eigenvalue weighted by Gasteiger charge is -2.25. The van der Waals surface area contributed by atoms with Crippen molar-refractivity contribution in [1.29, 1.82) is 0 Å². The minimum Gasteiger partial charge on any atom is -0.354 e. The lowest BCUT2D eigenvalue weighted by molar-refractivity contribution is -0.118. The minimum atomic E-state index is -3.18. The number of sulfone groups is 1. The Labute approximate surface area is 72.3 Å². The number of rotatable bonds is 1. The van der Waals surface area contributed by atoms with Gasteiger partial charge in [0.25, 0.3) is 0 Å². The molecule has 0 aromatic rings. The first-order chi connectivity index (χ1) is 5.43. The molecule has 4 nitrogen and oxygen atoms in total. The molecule has 1 heterocycles. The van der Waals surface area contributed by atoms with Gasteiger partial charge < -0.3 is 5.32 Å². The van der Waals surface area contributed by atoms with Gasteiger partial charge >= 0.3 is 0 Å². The van der Waals surface area contributed by atoms with Crippen molar-refractivity contribution in [3.05, 3.63) is 0 Å². The van der Waals surface area contributed by atoms with Gasteiger partial charge in [0.15, 0.2) is 9.84 Å². The van der Waals surface area contributed by atoms with E-state index in [1.165, 1.54) is 0 Å². The van der Waals surface area contributed by atoms with E-state index in [0.29, 0.717) is 0 Å². The molecule has 1 fully saturated rings. The van der Waals surface area contributed by atoms with Gasteiger partial charge in [0.05, 0.1) is 5.25 Å². The highest BCUT2D eigenvalue weighted by atomic mass is 32.2. The number of carbonyl (C=O) groups excluding carboxylic acids is 1. The Kier molecular flexibility index (Phi) is 2.41. The number of hydrogen-bond donors (Lipinski definition) is 1. The molecule has 0 bridgehead atoms. The van der Waals surface area contributed by atoms with Crippen LogP contribution in [0.2, 0.25) is 0 Å². The molecule has 0 aromatic heterocycles. The van der Waals surface area contributed by atoms with Gasteiger partial charge in [-0.15, -0.1) is 0 Å². The molecule has 1 unspecified atom stereocenters. The highest BCUT2D eigenvalue weighted by Crippen LogP contribution is 2.15. The summed E-state index contributed by atoms with van der Waals surface area (Å²) in [5, 5.41) is 2.14.